The Bertz CT molecular complexity index is 3400. The van der Waals surface area contributed by atoms with E-state index in [9.17, 15) is 82.1 Å². The number of carboxylic acid groups (broad SMARTS) is 4. The van der Waals surface area contributed by atoms with Crippen LogP contribution in [0.15, 0.2) is 48.5 Å². The number of carbonyl (C=O) groups excluding carboxylic acids is 11. The van der Waals surface area contributed by atoms with E-state index in [1.165, 1.54) is 31.2 Å². The highest BCUT2D eigenvalue weighted by Crippen LogP contribution is 2.25. The van der Waals surface area contributed by atoms with E-state index in [4.69, 9.17) is 57.6 Å². The number of benzene rings is 2. The summed E-state index contributed by atoms with van der Waals surface area (Å²) in [6.45, 7) is 8.58. The molecular weight excluding hydrogens is 1620 g/mol. The molecule has 0 saturated carbocycles. The van der Waals surface area contributed by atoms with Crippen LogP contribution >= 0.6 is 0 Å². The Kier molecular flexibility index (Phi) is 65.3. The Labute approximate surface area is 729 Å². The molecule has 4 atom stereocenters. The van der Waals surface area contributed by atoms with Crippen molar-refractivity contribution in [3.8, 4) is 11.5 Å². The zero-order valence-electron chi connectivity index (χ0n) is 73.2. The molecule has 2 aromatic carbocycles. The third-order valence-corrected chi connectivity index (χ3v) is 19.7. The van der Waals surface area contributed by atoms with Gasteiger partial charge >= 0.3 is 23.9 Å². The standard InChI is InChI=1S/C89H140N6O29/c1-66(2)78(99)61-71(25-17-19-43-91-83(104)63-120-57-53-116-47-23-27-73(98)62-119-56-54-117-50-44-92-80(101)41-40-77(89(113)114)95-82(103)29-15-11-7-5-9-13-21-49-124-75-37-32-69(33-38-75)87(109)110)79(100)60-70(67(3)96)24-16-18-42-90-84(105)64-122-59-55-118-51-45-93-85(106)65-121-58-52-115-46-22-26-72(97)34-39-76(88(111)112)94-81(102)28-14-10-6-4-8-12-20-48-123-74-35-30-68(31-36-74)86(107)108/h30-33,35-38,66,70-71,76-77H,4-29,34,39-65H2,1-3H3,(H,90,105)(H,91,104)(H,92,101)(H,93,106)(H,94,102)(H,95,103)(H,107,108)(H,109,110)(H,111,112)(H,113,114)/t70-,71-,76+,77+/m1/s1. The Morgan fingerprint density at radius 3 is 1.06 bits per heavy atom. The maximum Gasteiger partial charge on any atom is 0.335 e. The quantitative estimate of drug-likeness (QED) is 0.0277. The molecule has 0 spiro atoms. The van der Waals surface area contributed by atoms with E-state index >= 15 is 0 Å². The average molecular weight is 1760 g/mol. The molecule has 0 saturated heterocycles. The van der Waals surface area contributed by atoms with E-state index in [0.717, 1.165) is 77.0 Å². The Morgan fingerprint density at radius 1 is 0.298 bits per heavy atom. The molecule has 0 aromatic heterocycles. The van der Waals surface area contributed by atoms with Crippen LogP contribution in [0.5, 0.6) is 11.5 Å². The van der Waals surface area contributed by atoms with Gasteiger partial charge in [-0.05, 0) is 133 Å². The van der Waals surface area contributed by atoms with Crippen LogP contribution in [0.1, 0.15) is 247 Å². The fourth-order valence-corrected chi connectivity index (χ4v) is 12.4. The summed E-state index contributed by atoms with van der Waals surface area (Å²) in [5.41, 5.74) is 0.404. The highest BCUT2D eigenvalue weighted by Gasteiger charge is 2.28. The van der Waals surface area contributed by atoms with Gasteiger partial charge < -0.3 is 99.7 Å². The average Bonchev–Trinajstić information content (AvgIpc) is 0.891. The van der Waals surface area contributed by atoms with Crippen LogP contribution in [0.4, 0.5) is 0 Å². The van der Waals surface area contributed by atoms with Gasteiger partial charge in [-0.1, -0.05) is 90.9 Å². The lowest BCUT2D eigenvalue weighted by Crippen LogP contribution is -2.41. The molecule has 0 heterocycles. The number of aromatic carboxylic acids is 2. The smallest absolute Gasteiger partial charge is 0.335 e. The molecule has 35 nitrogen and oxygen atoms in total. The first kappa shape index (κ1) is 111. The van der Waals surface area contributed by atoms with Gasteiger partial charge in [0.2, 0.25) is 35.4 Å². The second-order valence-corrected chi connectivity index (χ2v) is 30.6. The summed E-state index contributed by atoms with van der Waals surface area (Å²) in [5, 5.41) is 53.1. The van der Waals surface area contributed by atoms with E-state index in [2.05, 4.69) is 31.9 Å². The molecule has 0 aliphatic heterocycles. The van der Waals surface area contributed by atoms with Crippen molar-refractivity contribution in [1.29, 1.82) is 0 Å². The van der Waals surface area contributed by atoms with Crippen LogP contribution in [0, 0.1) is 17.8 Å². The predicted molar refractivity (Wildman–Crippen MR) is 456 cm³/mol. The van der Waals surface area contributed by atoms with Gasteiger partial charge in [-0.3, -0.25) is 52.7 Å². The van der Waals surface area contributed by atoms with E-state index in [0.29, 0.717) is 109 Å². The molecule has 0 radical (unpaired) electrons. The topological polar surface area (TPSA) is 501 Å². The van der Waals surface area contributed by atoms with Crippen molar-refractivity contribution in [3.63, 3.8) is 0 Å². The largest absolute Gasteiger partial charge is 0.494 e. The lowest BCUT2D eigenvalue weighted by Gasteiger charge is -2.20. The van der Waals surface area contributed by atoms with Gasteiger partial charge in [0.05, 0.1) is 90.4 Å². The van der Waals surface area contributed by atoms with Crippen molar-refractivity contribution in [2.24, 2.45) is 17.8 Å². The van der Waals surface area contributed by atoms with Crippen molar-refractivity contribution in [3.05, 3.63) is 59.7 Å². The van der Waals surface area contributed by atoms with Gasteiger partial charge in [-0.15, -0.1) is 0 Å². The molecule has 10 N–H and O–H groups in total. The molecule has 2 aromatic rings. The van der Waals surface area contributed by atoms with Gasteiger partial charge in [-0.2, -0.15) is 0 Å². The SMILES string of the molecule is CC(=O)[C@H](CCCCNC(=O)COCCOCCNC(=O)COCCOCCCC(=O)CC[C@H](NC(=O)CCCCCCCCCOc1ccc(C(=O)O)cc1)C(=O)O)CC(=O)[C@H](CCCCNC(=O)COCCOCCCC(=O)COCCOCCNC(=O)CC[C@H](NC(=O)CCCCCCCCCOc1ccc(C(=O)O)cc1)C(=O)O)CC(=O)C(C)C. The third-order valence-electron chi connectivity index (χ3n) is 19.7. The van der Waals surface area contributed by atoms with Gasteiger partial charge in [-0.25, -0.2) is 19.2 Å². The van der Waals surface area contributed by atoms with E-state index in [1.807, 2.05) is 0 Å². The zero-order valence-corrected chi connectivity index (χ0v) is 73.2. The summed E-state index contributed by atoms with van der Waals surface area (Å²) in [6, 6.07) is 10.2. The number of aliphatic carboxylic acids is 2. The van der Waals surface area contributed by atoms with Crippen LogP contribution in [0.25, 0.3) is 0 Å². The van der Waals surface area contributed by atoms with Gasteiger partial charge in [0, 0.05) is 109 Å². The zero-order chi connectivity index (χ0) is 91.0. The molecule has 35 heteroatoms. The minimum Gasteiger partial charge on any atom is -0.494 e. The number of ketones is 5. The van der Waals surface area contributed by atoms with Crippen molar-refractivity contribution in [1.82, 2.24) is 31.9 Å². The summed E-state index contributed by atoms with van der Waals surface area (Å²) in [7, 11) is 0. The lowest BCUT2D eigenvalue weighted by molar-refractivity contribution is -0.142. The molecule has 124 heavy (non-hydrogen) atoms. The number of ether oxygens (including phenoxy) is 10. The van der Waals surface area contributed by atoms with Crippen molar-refractivity contribution in [2.45, 2.75) is 238 Å². The van der Waals surface area contributed by atoms with Crippen LogP contribution in [0.3, 0.4) is 0 Å². The maximum atomic E-state index is 13.7. The van der Waals surface area contributed by atoms with E-state index in [-0.39, 0.29) is 252 Å². The third kappa shape index (κ3) is 62.0. The number of nitrogens with one attached hydrogen (secondary N) is 6. The number of unbranched alkanes of at least 4 members (excludes halogenated alkanes) is 14. The molecule has 0 aliphatic rings. The number of hydrogen-bond donors (Lipinski definition) is 10. The Morgan fingerprint density at radius 2 is 0.653 bits per heavy atom. The molecular formula is C89H140N6O29. The lowest BCUT2D eigenvalue weighted by atomic mass is 9.83. The monoisotopic (exact) mass is 1760 g/mol. The van der Waals surface area contributed by atoms with Gasteiger partial charge in [0.15, 0.2) is 5.78 Å². The first-order valence-electron chi connectivity index (χ1n) is 44.0. The van der Waals surface area contributed by atoms with Crippen molar-refractivity contribution >= 4 is 88.2 Å². The second-order valence-electron chi connectivity index (χ2n) is 30.6. The number of rotatable bonds is 85. The van der Waals surface area contributed by atoms with Crippen LogP contribution in [-0.4, -0.2) is 266 Å². The molecule has 0 unspecified atom stereocenters. The molecule has 6 amide bonds. The van der Waals surface area contributed by atoms with Crippen molar-refractivity contribution in [2.75, 3.05) is 145 Å². The van der Waals surface area contributed by atoms with E-state index in [1.54, 1.807) is 38.1 Å². The number of hydrogen-bond acceptors (Lipinski definition) is 25. The fourth-order valence-electron chi connectivity index (χ4n) is 12.4. The second kappa shape index (κ2) is 73.0. The van der Waals surface area contributed by atoms with Gasteiger partial charge in [0.1, 0.15) is 73.1 Å². The summed E-state index contributed by atoms with van der Waals surface area (Å²) in [6.07, 6.45) is 16.9. The highest BCUT2D eigenvalue weighted by atomic mass is 16.5. The number of amides is 6. The first-order valence-corrected chi connectivity index (χ1v) is 44.0. The Balaban J connectivity index is 1.41. The summed E-state index contributed by atoms with van der Waals surface area (Å²) in [4.78, 5) is 184. The molecule has 2 rings (SSSR count). The Hall–Kier alpha value is -9.23. The van der Waals surface area contributed by atoms with Crippen LogP contribution in [0.2, 0.25) is 0 Å². The summed E-state index contributed by atoms with van der Waals surface area (Å²) >= 11 is 0. The minimum absolute atomic E-state index is 0.00249. The normalized spacial score (nSPS) is 12.1. The summed E-state index contributed by atoms with van der Waals surface area (Å²) in [5.74, 6) is -7.36. The van der Waals surface area contributed by atoms with Gasteiger partial charge in [0.25, 0.3) is 0 Å². The summed E-state index contributed by atoms with van der Waals surface area (Å²) < 4.78 is 54.8. The molecule has 0 fully saturated rings. The highest BCUT2D eigenvalue weighted by molar-refractivity contribution is 5.92. The maximum absolute atomic E-state index is 13.7. The van der Waals surface area contributed by atoms with Crippen LogP contribution < -0.4 is 41.4 Å². The molecule has 0 aliphatic carbocycles. The van der Waals surface area contributed by atoms with Crippen molar-refractivity contribution < 1.29 is 140 Å². The minimum atomic E-state index is -1.23. The van der Waals surface area contributed by atoms with E-state index < -0.39 is 53.7 Å². The predicted octanol–water partition coefficient (Wildman–Crippen LogP) is 8.51. The number of Topliss-reactive ketones (excluding diaryl/α,β-unsaturated/α-hetero) is 5. The molecule has 0 bridgehead atoms. The molecule has 700 valence electrons. The number of carbonyl (C=O) groups is 15. The first-order chi connectivity index (χ1) is 59.7. The number of carboxylic acids is 4. The van der Waals surface area contributed by atoms with Crippen LogP contribution in [-0.2, 0) is 100 Å². The fraction of sp³-hybridized carbons (Fsp3) is 0.697.